The zero-order valence-corrected chi connectivity index (χ0v) is 24.1. The van der Waals surface area contributed by atoms with E-state index in [1.807, 2.05) is 0 Å². The molecule has 6 rings (SSSR count). The van der Waals surface area contributed by atoms with Gasteiger partial charge in [0.15, 0.2) is 0 Å². The first-order valence-corrected chi connectivity index (χ1v) is 14.5. The Morgan fingerprint density at radius 1 is 0.829 bits per heavy atom. The van der Waals surface area contributed by atoms with Crippen molar-refractivity contribution < 1.29 is 0 Å². The smallest absolute Gasteiger partial charge is 0.213 e. The molecule has 0 radical (unpaired) electrons. The molecule has 0 saturated heterocycles. The van der Waals surface area contributed by atoms with Gasteiger partial charge in [-0.1, -0.05) is 61.5 Å². The van der Waals surface area contributed by atoms with E-state index in [1.54, 1.807) is 0 Å². The fourth-order valence-electron chi connectivity index (χ4n) is 10.2. The Morgan fingerprint density at radius 2 is 1.49 bits per heavy atom. The Kier molecular flexibility index (Phi) is 4.79. The summed E-state index contributed by atoms with van der Waals surface area (Å²) in [5.74, 6) is 1.50. The average molecular weight is 492 g/mol. The molecule has 4 heteroatoms. The summed E-state index contributed by atoms with van der Waals surface area (Å²) >= 11 is 5.35. The van der Waals surface area contributed by atoms with E-state index >= 15 is 0 Å². The minimum Gasteiger partial charge on any atom is -0.251 e. The van der Waals surface area contributed by atoms with Crippen LogP contribution in [-0.2, 0) is 5.41 Å². The van der Waals surface area contributed by atoms with Crippen LogP contribution in [0.15, 0.2) is 17.2 Å². The molecule has 0 aromatic carbocycles. The molecule has 3 saturated carbocycles. The highest BCUT2D eigenvalue weighted by atomic mass is 32.1. The maximum Gasteiger partial charge on any atom is 0.213 e. The lowest BCUT2D eigenvalue weighted by atomic mass is 9.32. The zero-order chi connectivity index (χ0) is 25.2. The van der Waals surface area contributed by atoms with E-state index in [9.17, 15) is 0 Å². The molecule has 3 fully saturated rings. The molecule has 1 aromatic heterocycles. The number of H-pyrrole nitrogens is 1. The summed E-state index contributed by atoms with van der Waals surface area (Å²) in [6, 6.07) is 0. The number of nitrogens with zero attached hydrogens (tertiary/aromatic N) is 2. The molecule has 5 aliphatic rings. The molecule has 1 N–H and O–H groups in total. The highest BCUT2D eigenvalue weighted by molar-refractivity contribution is 7.71. The number of rotatable bonds is 0. The maximum atomic E-state index is 5.35. The van der Waals surface area contributed by atoms with Crippen molar-refractivity contribution >= 4 is 18.3 Å². The first-order valence-electron chi connectivity index (χ1n) is 14.1. The third-order valence-electron chi connectivity index (χ3n) is 12.7. The lowest BCUT2D eigenvalue weighted by Crippen LogP contribution is -2.64. The van der Waals surface area contributed by atoms with Gasteiger partial charge in [0, 0.05) is 5.41 Å². The Hall–Kier alpha value is -1.29. The predicted octanol–water partition coefficient (Wildman–Crippen LogP) is 8.59. The van der Waals surface area contributed by atoms with E-state index in [-0.39, 0.29) is 10.8 Å². The maximum absolute atomic E-state index is 5.35. The lowest BCUT2D eigenvalue weighted by Gasteiger charge is -2.72. The first-order chi connectivity index (χ1) is 16.2. The van der Waals surface area contributed by atoms with E-state index in [1.165, 1.54) is 62.5 Å². The standard InChI is InChI=1S/C31H45N3S/c1-26(2)11-12-28(5)13-15-30(7)22-10-9-19-20(29(22,6)14-16-31(30,8)23(28)18-26)17-21-24(27(19,3)4)32-25(35)34-33-21/h9,17,22-23H,10-16,18H2,1-8H3,(H,32,34,35)/t22-,23+,28+,29-,30+,31-/m0/s1. The first kappa shape index (κ1) is 24.1. The van der Waals surface area contributed by atoms with Crippen molar-refractivity contribution in [1.82, 2.24) is 15.2 Å². The van der Waals surface area contributed by atoms with E-state index < -0.39 is 0 Å². The van der Waals surface area contributed by atoms with Gasteiger partial charge in [-0.3, -0.25) is 5.10 Å². The van der Waals surface area contributed by atoms with Gasteiger partial charge in [0.05, 0.1) is 5.69 Å². The minimum atomic E-state index is -0.163. The molecular formula is C31H45N3S. The number of nitrogens with one attached hydrogen (secondary N) is 1. The Bertz CT molecular complexity index is 1220. The molecule has 5 aliphatic carbocycles. The molecule has 3 nitrogen and oxygen atoms in total. The van der Waals surface area contributed by atoms with Gasteiger partial charge < -0.3 is 0 Å². The Balaban J connectivity index is 1.48. The molecule has 35 heavy (non-hydrogen) atoms. The van der Waals surface area contributed by atoms with Crippen molar-refractivity contribution in [3.05, 3.63) is 33.4 Å². The van der Waals surface area contributed by atoms with E-state index in [0.29, 0.717) is 32.3 Å². The van der Waals surface area contributed by atoms with Gasteiger partial charge >= 0.3 is 0 Å². The molecule has 0 spiro atoms. The number of aromatic amines is 1. The molecule has 0 unspecified atom stereocenters. The van der Waals surface area contributed by atoms with Gasteiger partial charge in [0.2, 0.25) is 4.77 Å². The molecule has 190 valence electrons. The normalized spacial score (nSPS) is 45.0. The predicted molar refractivity (Wildman–Crippen MR) is 146 cm³/mol. The fraction of sp³-hybridized carbons (Fsp3) is 0.774. The summed E-state index contributed by atoms with van der Waals surface area (Å²) < 4.78 is 0.482. The van der Waals surface area contributed by atoms with Crippen LogP contribution in [0.4, 0.5) is 0 Å². The van der Waals surface area contributed by atoms with Crippen LogP contribution in [0.2, 0.25) is 0 Å². The van der Waals surface area contributed by atoms with E-state index in [4.69, 9.17) is 17.2 Å². The van der Waals surface area contributed by atoms with Gasteiger partial charge in [-0.05, 0) is 120 Å². The van der Waals surface area contributed by atoms with Crippen LogP contribution in [0.5, 0.6) is 0 Å². The Labute approximate surface area is 217 Å². The summed E-state index contributed by atoms with van der Waals surface area (Å²) in [5, 5.41) is 7.64. The largest absolute Gasteiger partial charge is 0.251 e. The molecule has 1 aromatic rings. The van der Waals surface area contributed by atoms with E-state index in [2.05, 4.69) is 77.7 Å². The van der Waals surface area contributed by atoms with Gasteiger partial charge in [-0.25, -0.2) is 4.98 Å². The highest BCUT2D eigenvalue weighted by Crippen LogP contribution is 2.76. The molecule has 1 heterocycles. The van der Waals surface area contributed by atoms with Crippen LogP contribution in [0, 0.1) is 43.7 Å². The molecule has 0 amide bonds. The fourth-order valence-corrected chi connectivity index (χ4v) is 10.3. The van der Waals surface area contributed by atoms with Crippen LogP contribution in [0.1, 0.15) is 118 Å². The molecule has 6 atom stereocenters. The number of fused-ring (bicyclic) bond motifs is 8. The highest BCUT2D eigenvalue weighted by Gasteiger charge is 2.68. The van der Waals surface area contributed by atoms with Crippen molar-refractivity contribution in [2.24, 2.45) is 38.9 Å². The van der Waals surface area contributed by atoms with Gasteiger partial charge in [0.25, 0.3) is 0 Å². The number of hydrogen-bond donors (Lipinski definition) is 1. The second-order valence-corrected chi connectivity index (χ2v) is 15.7. The van der Waals surface area contributed by atoms with Crippen LogP contribution in [0.3, 0.4) is 0 Å². The van der Waals surface area contributed by atoms with Crippen molar-refractivity contribution in [3.8, 4) is 0 Å². The third kappa shape index (κ3) is 2.98. The molecule has 0 aliphatic heterocycles. The summed E-state index contributed by atoms with van der Waals surface area (Å²) in [6.45, 7) is 20.4. The second-order valence-electron chi connectivity index (χ2n) is 15.3. The quantitative estimate of drug-likeness (QED) is 0.369. The Morgan fingerprint density at radius 3 is 2.23 bits per heavy atom. The number of aromatic nitrogens is 3. The van der Waals surface area contributed by atoms with Crippen LogP contribution < -0.4 is 0 Å². The third-order valence-corrected chi connectivity index (χ3v) is 12.9. The van der Waals surface area contributed by atoms with Gasteiger partial charge in [-0.2, -0.15) is 5.10 Å². The van der Waals surface area contributed by atoms with Gasteiger partial charge in [0.1, 0.15) is 5.69 Å². The average Bonchev–Trinajstić information content (AvgIpc) is 2.78. The van der Waals surface area contributed by atoms with Crippen LogP contribution in [0.25, 0.3) is 6.08 Å². The van der Waals surface area contributed by atoms with Crippen molar-refractivity contribution in [2.75, 3.05) is 0 Å². The molecular weight excluding hydrogens is 446 g/mol. The second kappa shape index (κ2) is 6.97. The zero-order valence-electron chi connectivity index (χ0n) is 23.3. The van der Waals surface area contributed by atoms with E-state index in [0.717, 1.165) is 17.3 Å². The van der Waals surface area contributed by atoms with Crippen molar-refractivity contribution in [3.63, 3.8) is 0 Å². The molecule has 0 bridgehead atoms. The minimum absolute atomic E-state index is 0.163. The topological polar surface area (TPSA) is 41.6 Å². The van der Waals surface area contributed by atoms with Crippen LogP contribution >= 0.6 is 12.2 Å². The number of hydrogen-bond acceptors (Lipinski definition) is 3. The van der Waals surface area contributed by atoms with Crippen molar-refractivity contribution in [2.45, 2.75) is 112 Å². The van der Waals surface area contributed by atoms with Crippen LogP contribution in [-0.4, -0.2) is 15.2 Å². The SMILES string of the molecule is CC1(C)CC[C@]2(C)CC[C@]3(C)[C@H]4CC=C5C(=Cc6n[nH]c(=S)nc6C5(C)C)[C@]4(C)CC[C@@]3(C)[C@@H]2C1. The van der Waals surface area contributed by atoms with Crippen molar-refractivity contribution in [1.29, 1.82) is 0 Å². The summed E-state index contributed by atoms with van der Waals surface area (Å²) in [7, 11) is 0. The lowest BCUT2D eigenvalue weighted by molar-refractivity contribution is -0.214. The summed E-state index contributed by atoms with van der Waals surface area (Å²) in [4.78, 5) is 4.75. The number of allylic oxidation sites excluding steroid dienone is 3. The van der Waals surface area contributed by atoms with Gasteiger partial charge in [-0.15, -0.1) is 0 Å². The summed E-state index contributed by atoms with van der Waals surface area (Å²) in [5.41, 5.74) is 6.80. The summed E-state index contributed by atoms with van der Waals surface area (Å²) in [6.07, 6.45) is 15.8. The monoisotopic (exact) mass is 491 g/mol.